The van der Waals surface area contributed by atoms with E-state index in [1.807, 2.05) is 0 Å². The molecule has 1 heterocycles. The molecule has 3 unspecified atom stereocenters. The Balaban J connectivity index is 2.59. The number of piperidine rings is 1. The zero-order chi connectivity index (χ0) is 15.3. The van der Waals surface area contributed by atoms with Crippen LogP contribution in [0.1, 0.15) is 26.2 Å². The molecule has 0 radical (unpaired) electrons. The molecule has 1 fully saturated rings. The molecule has 0 bridgehead atoms. The van der Waals surface area contributed by atoms with Gasteiger partial charge in [0.05, 0.1) is 5.92 Å². The van der Waals surface area contributed by atoms with Crippen LogP contribution >= 0.6 is 0 Å². The van der Waals surface area contributed by atoms with E-state index in [1.54, 1.807) is 13.2 Å². The van der Waals surface area contributed by atoms with Gasteiger partial charge in [-0.15, -0.1) is 0 Å². The van der Waals surface area contributed by atoms with E-state index < -0.39 is 32.9 Å². The molecule has 1 saturated heterocycles. The zero-order valence-electron chi connectivity index (χ0n) is 11.7. The highest BCUT2D eigenvalue weighted by Crippen LogP contribution is 2.19. The highest BCUT2D eigenvalue weighted by Gasteiger charge is 2.32. The number of carboxylic acid groups (broad SMARTS) is 1. The summed E-state index contributed by atoms with van der Waals surface area (Å²) in [6.07, 6.45) is 3.11. The first kappa shape index (κ1) is 17.5. The van der Waals surface area contributed by atoms with Gasteiger partial charge in [-0.2, -0.15) is 17.4 Å². The first-order valence-electron chi connectivity index (χ1n) is 6.52. The van der Waals surface area contributed by atoms with Gasteiger partial charge in [0.1, 0.15) is 0 Å². The maximum absolute atomic E-state index is 12.2. The van der Waals surface area contributed by atoms with Gasteiger partial charge < -0.3 is 5.11 Å². The SMILES string of the molecule is CC(CCS(C)=O)NS(=O)(=O)N1CCCC(C(=O)O)C1. The molecule has 3 atom stereocenters. The number of hydrogen-bond acceptors (Lipinski definition) is 4. The summed E-state index contributed by atoms with van der Waals surface area (Å²) in [5, 5.41) is 8.97. The fourth-order valence-electron chi connectivity index (χ4n) is 2.09. The molecule has 0 aromatic carbocycles. The minimum atomic E-state index is -3.68. The third-order valence-corrected chi connectivity index (χ3v) is 5.78. The summed E-state index contributed by atoms with van der Waals surface area (Å²) in [6, 6.07) is -0.325. The van der Waals surface area contributed by atoms with Gasteiger partial charge >= 0.3 is 5.97 Å². The fourth-order valence-corrected chi connectivity index (χ4v) is 4.30. The third kappa shape index (κ3) is 5.47. The molecule has 0 saturated carbocycles. The van der Waals surface area contributed by atoms with Crippen LogP contribution in [0.25, 0.3) is 0 Å². The van der Waals surface area contributed by atoms with Crippen LogP contribution in [0.4, 0.5) is 0 Å². The second kappa shape index (κ2) is 7.48. The lowest BCUT2D eigenvalue weighted by Crippen LogP contribution is -2.49. The average Bonchev–Trinajstić information content (AvgIpc) is 2.36. The molecule has 1 rings (SSSR count). The Morgan fingerprint density at radius 1 is 1.55 bits per heavy atom. The van der Waals surface area contributed by atoms with Gasteiger partial charge in [0, 0.05) is 41.9 Å². The van der Waals surface area contributed by atoms with Gasteiger partial charge in [0.2, 0.25) is 0 Å². The molecule has 9 heteroatoms. The fraction of sp³-hybridized carbons (Fsp3) is 0.909. The van der Waals surface area contributed by atoms with Crippen LogP contribution in [-0.4, -0.2) is 59.1 Å². The Labute approximate surface area is 122 Å². The van der Waals surface area contributed by atoms with Gasteiger partial charge in [-0.05, 0) is 26.2 Å². The standard InChI is InChI=1S/C11H22N2O5S2/c1-9(5-7-19(2)16)12-20(17,18)13-6-3-4-10(8-13)11(14)15/h9-10,12H,3-8H2,1-2H3,(H,14,15). The molecule has 0 aromatic rings. The summed E-state index contributed by atoms with van der Waals surface area (Å²) >= 11 is 0. The van der Waals surface area contributed by atoms with Crippen LogP contribution in [0, 0.1) is 5.92 Å². The maximum Gasteiger partial charge on any atom is 0.307 e. The number of carboxylic acids is 1. The van der Waals surface area contributed by atoms with Gasteiger partial charge in [-0.3, -0.25) is 9.00 Å². The minimum absolute atomic E-state index is 0.0110. The summed E-state index contributed by atoms with van der Waals surface area (Å²) in [5.74, 6) is -1.17. The number of hydrogen-bond donors (Lipinski definition) is 2. The van der Waals surface area contributed by atoms with Crippen LogP contribution in [0.15, 0.2) is 0 Å². The number of aliphatic carboxylic acids is 1. The van der Waals surface area contributed by atoms with E-state index in [2.05, 4.69) is 4.72 Å². The van der Waals surface area contributed by atoms with Crippen molar-refractivity contribution in [2.75, 3.05) is 25.1 Å². The van der Waals surface area contributed by atoms with Crippen molar-refractivity contribution < 1.29 is 22.5 Å². The molecule has 0 amide bonds. The van der Waals surface area contributed by atoms with Crippen molar-refractivity contribution in [3.05, 3.63) is 0 Å². The molecule has 0 aromatic heterocycles. The molecular formula is C11H22N2O5S2. The van der Waals surface area contributed by atoms with E-state index in [1.165, 1.54) is 4.31 Å². The smallest absolute Gasteiger partial charge is 0.307 e. The average molecular weight is 326 g/mol. The lowest BCUT2D eigenvalue weighted by Gasteiger charge is -2.30. The first-order valence-corrected chi connectivity index (χ1v) is 9.69. The molecule has 118 valence electrons. The molecule has 1 aliphatic heterocycles. The van der Waals surface area contributed by atoms with Crippen molar-refractivity contribution in [1.82, 2.24) is 9.03 Å². The second-order valence-electron chi connectivity index (χ2n) is 5.13. The number of nitrogens with zero attached hydrogens (tertiary/aromatic N) is 1. The zero-order valence-corrected chi connectivity index (χ0v) is 13.4. The molecular weight excluding hydrogens is 304 g/mol. The Kier molecular flexibility index (Phi) is 6.56. The van der Waals surface area contributed by atoms with Crippen LogP contribution in [0.5, 0.6) is 0 Å². The molecule has 2 N–H and O–H groups in total. The van der Waals surface area contributed by atoms with E-state index >= 15 is 0 Å². The van der Waals surface area contributed by atoms with Crippen molar-refractivity contribution in [3.8, 4) is 0 Å². The Bertz CT molecular complexity index is 465. The molecule has 1 aliphatic rings. The van der Waals surface area contributed by atoms with Crippen LogP contribution < -0.4 is 4.72 Å². The van der Waals surface area contributed by atoms with Crippen molar-refractivity contribution in [2.45, 2.75) is 32.2 Å². The molecule has 0 spiro atoms. The largest absolute Gasteiger partial charge is 0.481 e. The quantitative estimate of drug-likeness (QED) is 0.673. The van der Waals surface area contributed by atoms with E-state index in [-0.39, 0.29) is 12.6 Å². The van der Waals surface area contributed by atoms with Crippen LogP contribution in [0.2, 0.25) is 0 Å². The van der Waals surface area contributed by atoms with Crippen molar-refractivity contribution in [1.29, 1.82) is 0 Å². The van der Waals surface area contributed by atoms with Crippen molar-refractivity contribution in [2.24, 2.45) is 5.92 Å². The minimum Gasteiger partial charge on any atom is -0.481 e. The van der Waals surface area contributed by atoms with Gasteiger partial charge in [0.25, 0.3) is 10.2 Å². The molecule has 0 aliphatic carbocycles. The molecule has 7 nitrogen and oxygen atoms in total. The normalized spacial score (nSPS) is 24.2. The van der Waals surface area contributed by atoms with Crippen molar-refractivity contribution in [3.63, 3.8) is 0 Å². The van der Waals surface area contributed by atoms with Crippen LogP contribution in [-0.2, 0) is 25.8 Å². The summed E-state index contributed by atoms with van der Waals surface area (Å²) in [7, 11) is -4.63. The predicted octanol–water partition coefficient (Wildman–Crippen LogP) is -0.225. The topological polar surface area (TPSA) is 104 Å². The van der Waals surface area contributed by atoms with E-state index in [4.69, 9.17) is 5.11 Å². The van der Waals surface area contributed by atoms with Gasteiger partial charge in [-0.1, -0.05) is 0 Å². The number of carbonyl (C=O) groups is 1. The Hall–Kier alpha value is -0.510. The maximum atomic E-state index is 12.2. The van der Waals surface area contributed by atoms with E-state index in [0.29, 0.717) is 31.6 Å². The van der Waals surface area contributed by atoms with Crippen LogP contribution in [0.3, 0.4) is 0 Å². The second-order valence-corrected chi connectivity index (χ2v) is 8.38. The summed E-state index contributed by atoms with van der Waals surface area (Å²) in [4.78, 5) is 11.0. The molecule has 20 heavy (non-hydrogen) atoms. The monoisotopic (exact) mass is 326 g/mol. The summed E-state index contributed by atoms with van der Waals surface area (Å²) in [6.45, 7) is 2.06. The number of rotatable bonds is 7. The summed E-state index contributed by atoms with van der Waals surface area (Å²) in [5.41, 5.74) is 0. The first-order chi connectivity index (χ1) is 9.22. The van der Waals surface area contributed by atoms with E-state index in [0.717, 1.165) is 0 Å². The Morgan fingerprint density at radius 2 is 2.20 bits per heavy atom. The highest BCUT2D eigenvalue weighted by molar-refractivity contribution is 7.87. The van der Waals surface area contributed by atoms with E-state index in [9.17, 15) is 17.4 Å². The third-order valence-electron chi connectivity index (χ3n) is 3.26. The van der Waals surface area contributed by atoms with Gasteiger partial charge in [0.15, 0.2) is 0 Å². The van der Waals surface area contributed by atoms with Crippen molar-refractivity contribution >= 4 is 27.0 Å². The highest BCUT2D eigenvalue weighted by atomic mass is 32.2. The predicted molar refractivity (Wildman–Crippen MR) is 77.0 cm³/mol. The summed E-state index contributed by atoms with van der Waals surface area (Å²) < 4.78 is 39.0. The lowest BCUT2D eigenvalue weighted by molar-refractivity contribution is -0.142. The number of nitrogens with one attached hydrogen (secondary N) is 1. The lowest BCUT2D eigenvalue weighted by atomic mass is 10.0. The Morgan fingerprint density at radius 3 is 2.75 bits per heavy atom. The van der Waals surface area contributed by atoms with Gasteiger partial charge in [-0.25, -0.2) is 0 Å².